The number of amides is 2. The van der Waals surface area contributed by atoms with Gasteiger partial charge in [0, 0.05) is 22.7 Å². The molecule has 0 aliphatic rings. The predicted octanol–water partition coefficient (Wildman–Crippen LogP) is 3.85. The Labute approximate surface area is 131 Å². The van der Waals surface area contributed by atoms with Crippen LogP contribution in [0, 0.1) is 18.6 Å². The van der Waals surface area contributed by atoms with Crippen LogP contribution in [0.25, 0.3) is 0 Å². The van der Waals surface area contributed by atoms with Gasteiger partial charge in [-0.3, -0.25) is 0 Å². The molecule has 2 atom stereocenters. The summed E-state index contributed by atoms with van der Waals surface area (Å²) in [6.07, 6.45) is 0. The van der Waals surface area contributed by atoms with Gasteiger partial charge in [0.1, 0.15) is 16.6 Å². The first-order chi connectivity index (χ1) is 10.4. The maximum absolute atomic E-state index is 13.7. The summed E-state index contributed by atoms with van der Waals surface area (Å²) in [5.74, 6) is -1.33. The number of nitrogens with one attached hydrogen (secondary N) is 2. The van der Waals surface area contributed by atoms with Gasteiger partial charge in [-0.1, -0.05) is 6.07 Å². The smallest absolute Gasteiger partial charge is 0.315 e. The van der Waals surface area contributed by atoms with Crippen molar-refractivity contribution in [3.63, 3.8) is 0 Å². The molecule has 1 aromatic carbocycles. The Kier molecular flexibility index (Phi) is 5.07. The van der Waals surface area contributed by atoms with Crippen molar-refractivity contribution in [3.8, 4) is 0 Å². The monoisotopic (exact) mass is 325 g/mol. The Hall–Kier alpha value is -2.02. The van der Waals surface area contributed by atoms with Crippen molar-refractivity contribution in [2.75, 3.05) is 0 Å². The average molecular weight is 325 g/mol. The van der Waals surface area contributed by atoms with Crippen LogP contribution < -0.4 is 10.6 Å². The van der Waals surface area contributed by atoms with E-state index in [0.29, 0.717) is 0 Å². The minimum Gasteiger partial charge on any atom is -0.332 e. The number of benzene rings is 1. The number of aromatic nitrogens is 1. The van der Waals surface area contributed by atoms with Gasteiger partial charge in [-0.25, -0.2) is 18.6 Å². The normalized spacial score (nSPS) is 13.5. The molecule has 0 saturated heterocycles. The minimum atomic E-state index is -0.684. The number of carbonyl (C=O) groups is 1. The Morgan fingerprint density at radius 2 is 1.91 bits per heavy atom. The fraction of sp³-hybridized carbons (Fsp3) is 0.333. The van der Waals surface area contributed by atoms with Gasteiger partial charge in [-0.2, -0.15) is 0 Å². The van der Waals surface area contributed by atoms with E-state index in [9.17, 15) is 13.6 Å². The van der Waals surface area contributed by atoms with Gasteiger partial charge in [0.15, 0.2) is 0 Å². The zero-order chi connectivity index (χ0) is 16.3. The molecule has 0 saturated carbocycles. The molecule has 7 heteroatoms. The Morgan fingerprint density at radius 3 is 2.50 bits per heavy atom. The van der Waals surface area contributed by atoms with E-state index in [0.717, 1.165) is 22.8 Å². The summed E-state index contributed by atoms with van der Waals surface area (Å²) in [5.41, 5.74) is 1.13. The first-order valence-corrected chi connectivity index (χ1v) is 7.68. The molecular formula is C15H17F2N3OS. The minimum absolute atomic E-state index is 0.231. The molecule has 118 valence electrons. The lowest BCUT2D eigenvalue weighted by Gasteiger charge is -2.18. The highest BCUT2D eigenvalue weighted by Gasteiger charge is 2.17. The van der Waals surface area contributed by atoms with Crippen molar-refractivity contribution in [1.82, 2.24) is 15.6 Å². The lowest BCUT2D eigenvalue weighted by Crippen LogP contribution is -2.38. The van der Waals surface area contributed by atoms with E-state index >= 15 is 0 Å². The molecule has 0 aliphatic heterocycles. The van der Waals surface area contributed by atoms with Crippen LogP contribution >= 0.6 is 11.3 Å². The highest BCUT2D eigenvalue weighted by Crippen LogP contribution is 2.19. The largest absolute Gasteiger partial charge is 0.332 e. The van der Waals surface area contributed by atoms with Crippen molar-refractivity contribution in [1.29, 1.82) is 0 Å². The first kappa shape index (κ1) is 16.4. The van der Waals surface area contributed by atoms with Gasteiger partial charge in [0.25, 0.3) is 0 Å². The van der Waals surface area contributed by atoms with E-state index in [-0.39, 0.29) is 11.6 Å². The van der Waals surface area contributed by atoms with E-state index in [1.165, 1.54) is 17.4 Å². The molecule has 2 rings (SSSR count). The Balaban J connectivity index is 1.96. The Bertz CT molecular complexity index is 675. The summed E-state index contributed by atoms with van der Waals surface area (Å²) in [7, 11) is 0. The highest BCUT2D eigenvalue weighted by atomic mass is 32.1. The summed E-state index contributed by atoms with van der Waals surface area (Å²) in [5, 5.41) is 8.07. The molecule has 4 nitrogen and oxygen atoms in total. The zero-order valence-electron chi connectivity index (χ0n) is 12.5. The third-order valence-electron chi connectivity index (χ3n) is 3.13. The SMILES string of the molecule is Cc1csc([C@@H](C)NC(=O)N[C@H](C)c2ccc(F)cc2F)n1. The number of thiazole rings is 1. The number of halogens is 2. The molecule has 0 unspecified atom stereocenters. The molecule has 2 aromatic rings. The Morgan fingerprint density at radius 1 is 1.23 bits per heavy atom. The lowest BCUT2D eigenvalue weighted by atomic mass is 10.1. The number of carbonyl (C=O) groups excluding carboxylic acids is 1. The maximum atomic E-state index is 13.7. The molecule has 1 heterocycles. The van der Waals surface area contributed by atoms with Crippen LogP contribution in [0.15, 0.2) is 23.6 Å². The summed E-state index contributed by atoms with van der Waals surface area (Å²) in [6.45, 7) is 5.33. The topological polar surface area (TPSA) is 54.0 Å². The third-order valence-corrected chi connectivity index (χ3v) is 4.28. The van der Waals surface area contributed by atoms with Gasteiger partial charge in [-0.15, -0.1) is 11.3 Å². The van der Waals surface area contributed by atoms with Crippen LogP contribution in [0.3, 0.4) is 0 Å². The second-order valence-corrected chi connectivity index (χ2v) is 5.94. The fourth-order valence-electron chi connectivity index (χ4n) is 2.00. The molecule has 0 aliphatic carbocycles. The van der Waals surface area contributed by atoms with E-state index in [4.69, 9.17) is 0 Å². The average Bonchev–Trinajstić information content (AvgIpc) is 2.85. The van der Waals surface area contributed by atoms with E-state index in [1.807, 2.05) is 19.2 Å². The molecule has 2 amide bonds. The number of hydrogen-bond acceptors (Lipinski definition) is 3. The van der Waals surface area contributed by atoms with E-state index in [1.54, 1.807) is 6.92 Å². The van der Waals surface area contributed by atoms with Crippen LogP contribution in [-0.2, 0) is 0 Å². The summed E-state index contributed by atoms with van der Waals surface area (Å²) in [6, 6.07) is 2.02. The highest BCUT2D eigenvalue weighted by molar-refractivity contribution is 7.09. The summed E-state index contributed by atoms with van der Waals surface area (Å²) >= 11 is 1.46. The van der Waals surface area contributed by atoms with Crippen molar-refractivity contribution in [2.24, 2.45) is 0 Å². The number of urea groups is 1. The van der Waals surface area contributed by atoms with Gasteiger partial charge in [0.2, 0.25) is 0 Å². The molecule has 22 heavy (non-hydrogen) atoms. The van der Waals surface area contributed by atoms with Gasteiger partial charge in [-0.05, 0) is 26.8 Å². The molecule has 0 spiro atoms. The third kappa shape index (κ3) is 4.00. The van der Waals surface area contributed by atoms with E-state index in [2.05, 4.69) is 15.6 Å². The lowest BCUT2D eigenvalue weighted by molar-refractivity contribution is 0.234. The van der Waals surface area contributed by atoms with E-state index < -0.39 is 23.7 Å². The van der Waals surface area contributed by atoms with Crippen molar-refractivity contribution in [2.45, 2.75) is 32.9 Å². The fourth-order valence-corrected chi connectivity index (χ4v) is 2.80. The molecule has 2 N–H and O–H groups in total. The zero-order valence-corrected chi connectivity index (χ0v) is 13.3. The molecular weight excluding hydrogens is 308 g/mol. The van der Waals surface area contributed by atoms with Gasteiger partial charge in [0.05, 0.1) is 12.1 Å². The molecule has 0 radical (unpaired) electrons. The van der Waals surface area contributed by atoms with Crippen molar-refractivity contribution >= 4 is 17.4 Å². The number of nitrogens with zero attached hydrogens (tertiary/aromatic N) is 1. The van der Waals surface area contributed by atoms with Crippen LogP contribution in [0.2, 0.25) is 0 Å². The standard InChI is InChI=1S/C15H17F2N3OS/c1-8-7-22-14(18-8)10(3)20-15(21)19-9(2)12-5-4-11(16)6-13(12)17/h4-7,9-10H,1-3H3,(H2,19,20,21)/t9-,10-/m1/s1. The summed E-state index contributed by atoms with van der Waals surface area (Å²) in [4.78, 5) is 16.3. The van der Waals surface area contributed by atoms with Crippen LogP contribution in [-0.4, -0.2) is 11.0 Å². The van der Waals surface area contributed by atoms with Crippen LogP contribution in [0.4, 0.5) is 13.6 Å². The second kappa shape index (κ2) is 6.83. The number of hydrogen-bond donors (Lipinski definition) is 2. The van der Waals surface area contributed by atoms with Crippen molar-refractivity contribution < 1.29 is 13.6 Å². The quantitative estimate of drug-likeness (QED) is 0.897. The summed E-state index contributed by atoms with van der Waals surface area (Å²) < 4.78 is 26.6. The first-order valence-electron chi connectivity index (χ1n) is 6.81. The molecule has 0 fully saturated rings. The predicted molar refractivity (Wildman–Crippen MR) is 81.7 cm³/mol. The van der Waals surface area contributed by atoms with Crippen LogP contribution in [0.5, 0.6) is 0 Å². The van der Waals surface area contributed by atoms with Crippen molar-refractivity contribution in [3.05, 3.63) is 51.5 Å². The van der Waals surface area contributed by atoms with Gasteiger partial charge >= 0.3 is 6.03 Å². The maximum Gasteiger partial charge on any atom is 0.315 e. The molecule has 1 aromatic heterocycles. The van der Waals surface area contributed by atoms with Gasteiger partial charge < -0.3 is 10.6 Å². The molecule has 0 bridgehead atoms. The second-order valence-electron chi connectivity index (χ2n) is 5.05. The van der Waals surface area contributed by atoms with Crippen LogP contribution in [0.1, 0.15) is 42.2 Å². The number of aryl methyl sites for hydroxylation is 1. The number of rotatable bonds is 4.